The van der Waals surface area contributed by atoms with Gasteiger partial charge in [0.15, 0.2) is 0 Å². The lowest BCUT2D eigenvalue weighted by Crippen LogP contribution is -1.93. The van der Waals surface area contributed by atoms with Crippen molar-refractivity contribution in [3.63, 3.8) is 0 Å². The van der Waals surface area contributed by atoms with Gasteiger partial charge in [-0.25, -0.2) is 0 Å². The Balaban J connectivity index is 1.76. The molecule has 2 nitrogen and oxygen atoms in total. The second kappa shape index (κ2) is 5.24. The SMILES string of the molecule is Cc1ccc2c3ccccc3n(-c3ccc4oc5ccccc5c4c3)c2c1. The van der Waals surface area contributed by atoms with Crippen molar-refractivity contribution < 1.29 is 4.42 Å². The molecular formula is C25H17NO. The van der Waals surface area contributed by atoms with Gasteiger partial charge < -0.3 is 8.98 Å². The number of hydrogen-bond acceptors (Lipinski definition) is 1. The van der Waals surface area contributed by atoms with Crippen molar-refractivity contribution in [2.45, 2.75) is 6.92 Å². The minimum absolute atomic E-state index is 0.928. The number of para-hydroxylation sites is 2. The van der Waals surface area contributed by atoms with Crippen LogP contribution in [0.1, 0.15) is 5.56 Å². The van der Waals surface area contributed by atoms with Gasteiger partial charge in [-0.05, 0) is 48.9 Å². The minimum atomic E-state index is 0.928. The zero-order valence-electron chi connectivity index (χ0n) is 14.9. The topological polar surface area (TPSA) is 18.1 Å². The Morgan fingerprint density at radius 1 is 0.593 bits per heavy atom. The first kappa shape index (κ1) is 14.6. The molecule has 0 spiro atoms. The molecule has 0 fully saturated rings. The molecular weight excluding hydrogens is 330 g/mol. The van der Waals surface area contributed by atoms with Crippen LogP contribution in [0.3, 0.4) is 0 Å². The molecule has 0 saturated carbocycles. The third kappa shape index (κ3) is 2.01. The fraction of sp³-hybridized carbons (Fsp3) is 0.0400. The maximum Gasteiger partial charge on any atom is 0.135 e. The highest BCUT2D eigenvalue weighted by Gasteiger charge is 2.14. The van der Waals surface area contributed by atoms with Crippen LogP contribution in [0.15, 0.2) is 89.3 Å². The van der Waals surface area contributed by atoms with Crippen LogP contribution in [0.2, 0.25) is 0 Å². The Hall–Kier alpha value is -3.52. The van der Waals surface area contributed by atoms with Crippen LogP contribution in [0.4, 0.5) is 0 Å². The summed E-state index contributed by atoms with van der Waals surface area (Å²) in [5.74, 6) is 0. The van der Waals surface area contributed by atoms with Crippen molar-refractivity contribution in [1.29, 1.82) is 0 Å². The van der Waals surface area contributed by atoms with Crippen LogP contribution in [-0.4, -0.2) is 4.57 Å². The molecule has 0 bridgehead atoms. The predicted octanol–water partition coefficient (Wildman–Crippen LogP) is 6.99. The van der Waals surface area contributed by atoms with Gasteiger partial charge in [0.25, 0.3) is 0 Å². The van der Waals surface area contributed by atoms with E-state index in [-0.39, 0.29) is 0 Å². The maximum absolute atomic E-state index is 6.01. The number of fused-ring (bicyclic) bond motifs is 6. The third-order valence-electron chi connectivity index (χ3n) is 5.45. The fourth-order valence-corrected chi connectivity index (χ4v) is 4.21. The Morgan fingerprint density at radius 3 is 2.26 bits per heavy atom. The van der Waals surface area contributed by atoms with E-state index < -0.39 is 0 Å². The van der Waals surface area contributed by atoms with Crippen molar-refractivity contribution in [2.24, 2.45) is 0 Å². The number of furan rings is 1. The summed E-state index contributed by atoms with van der Waals surface area (Å²) in [5, 5.41) is 4.88. The number of hydrogen-bond donors (Lipinski definition) is 0. The van der Waals surface area contributed by atoms with Gasteiger partial charge >= 0.3 is 0 Å². The second-order valence-corrected chi connectivity index (χ2v) is 7.15. The standard InChI is InChI=1S/C25H17NO/c1-16-10-12-19-18-6-2-4-8-22(18)26(23(19)14-16)17-11-13-25-21(15-17)20-7-3-5-9-24(20)27-25/h2-15H,1H3. The summed E-state index contributed by atoms with van der Waals surface area (Å²) in [6, 6.07) is 30.0. The lowest BCUT2D eigenvalue weighted by molar-refractivity contribution is 0.669. The summed E-state index contributed by atoms with van der Waals surface area (Å²) < 4.78 is 8.37. The van der Waals surface area contributed by atoms with Gasteiger partial charge in [-0.1, -0.05) is 48.5 Å². The molecule has 0 aliphatic carbocycles. The van der Waals surface area contributed by atoms with Crippen molar-refractivity contribution in [3.8, 4) is 5.69 Å². The lowest BCUT2D eigenvalue weighted by atomic mass is 10.1. The summed E-state index contributed by atoms with van der Waals surface area (Å²) in [6.07, 6.45) is 0. The second-order valence-electron chi connectivity index (χ2n) is 7.15. The summed E-state index contributed by atoms with van der Waals surface area (Å²) in [4.78, 5) is 0. The molecule has 6 aromatic rings. The van der Waals surface area contributed by atoms with E-state index in [4.69, 9.17) is 4.42 Å². The van der Waals surface area contributed by atoms with Crippen molar-refractivity contribution in [1.82, 2.24) is 4.57 Å². The van der Waals surface area contributed by atoms with Gasteiger partial charge in [-0.15, -0.1) is 0 Å². The highest BCUT2D eigenvalue weighted by Crippen LogP contribution is 2.35. The first-order chi connectivity index (χ1) is 13.3. The first-order valence-corrected chi connectivity index (χ1v) is 9.21. The normalized spacial score (nSPS) is 11.9. The molecule has 0 aliphatic rings. The van der Waals surface area contributed by atoms with Crippen molar-refractivity contribution in [3.05, 3.63) is 90.5 Å². The first-order valence-electron chi connectivity index (χ1n) is 9.21. The average molecular weight is 347 g/mol. The van der Waals surface area contributed by atoms with Crippen LogP contribution in [0.5, 0.6) is 0 Å². The number of nitrogens with zero attached hydrogens (tertiary/aromatic N) is 1. The largest absolute Gasteiger partial charge is 0.456 e. The van der Waals surface area contributed by atoms with E-state index in [2.05, 4.69) is 84.3 Å². The van der Waals surface area contributed by atoms with Gasteiger partial charge in [0.05, 0.1) is 11.0 Å². The minimum Gasteiger partial charge on any atom is -0.456 e. The van der Waals surface area contributed by atoms with Gasteiger partial charge in [-0.2, -0.15) is 0 Å². The van der Waals surface area contributed by atoms with Crippen LogP contribution >= 0.6 is 0 Å². The quantitative estimate of drug-likeness (QED) is 0.313. The van der Waals surface area contributed by atoms with Crippen LogP contribution in [0.25, 0.3) is 49.4 Å². The smallest absolute Gasteiger partial charge is 0.135 e. The lowest BCUT2D eigenvalue weighted by Gasteiger charge is -2.08. The zero-order chi connectivity index (χ0) is 18.0. The summed E-state index contributed by atoms with van der Waals surface area (Å²) in [7, 11) is 0. The highest BCUT2D eigenvalue weighted by molar-refractivity contribution is 6.10. The summed E-state index contributed by atoms with van der Waals surface area (Å²) in [6.45, 7) is 2.15. The third-order valence-corrected chi connectivity index (χ3v) is 5.45. The van der Waals surface area contributed by atoms with Gasteiger partial charge in [0.2, 0.25) is 0 Å². The van der Waals surface area contributed by atoms with E-state index in [9.17, 15) is 0 Å². The number of aryl methyl sites for hydroxylation is 1. The molecule has 0 saturated heterocycles. The molecule has 27 heavy (non-hydrogen) atoms. The van der Waals surface area contributed by atoms with E-state index in [0.717, 1.165) is 27.6 Å². The zero-order valence-corrected chi connectivity index (χ0v) is 14.9. The highest BCUT2D eigenvalue weighted by atomic mass is 16.3. The molecule has 4 aromatic carbocycles. The number of benzene rings is 4. The van der Waals surface area contributed by atoms with Crippen molar-refractivity contribution >= 4 is 43.7 Å². The predicted molar refractivity (Wildman–Crippen MR) is 113 cm³/mol. The van der Waals surface area contributed by atoms with E-state index in [1.54, 1.807) is 0 Å². The Labute approximate surface area is 156 Å². The molecule has 2 heterocycles. The Morgan fingerprint density at radius 2 is 1.33 bits per heavy atom. The number of aromatic nitrogens is 1. The molecule has 2 aromatic heterocycles. The van der Waals surface area contributed by atoms with E-state index in [1.165, 1.54) is 27.4 Å². The van der Waals surface area contributed by atoms with E-state index >= 15 is 0 Å². The van der Waals surface area contributed by atoms with Gasteiger partial charge in [0.1, 0.15) is 11.2 Å². The summed E-state index contributed by atoms with van der Waals surface area (Å²) in [5.41, 5.74) is 6.75. The molecule has 2 heteroatoms. The maximum atomic E-state index is 6.01. The molecule has 0 atom stereocenters. The van der Waals surface area contributed by atoms with E-state index in [0.29, 0.717) is 0 Å². The van der Waals surface area contributed by atoms with Crippen LogP contribution in [-0.2, 0) is 0 Å². The molecule has 128 valence electrons. The van der Waals surface area contributed by atoms with Gasteiger partial charge in [0, 0.05) is 27.2 Å². The molecule has 6 rings (SSSR count). The van der Waals surface area contributed by atoms with Crippen LogP contribution < -0.4 is 0 Å². The average Bonchev–Trinajstić information content (AvgIpc) is 3.22. The Bertz CT molecular complexity index is 1480. The monoisotopic (exact) mass is 347 g/mol. The van der Waals surface area contributed by atoms with Crippen molar-refractivity contribution in [2.75, 3.05) is 0 Å². The molecule has 0 aliphatic heterocycles. The Kier molecular flexibility index (Phi) is 2.84. The van der Waals surface area contributed by atoms with Gasteiger partial charge in [-0.3, -0.25) is 0 Å². The fourth-order valence-electron chi connectivity index (χ4n) is 4.21. The van der Waals surface area contributed by atoms with E-state index in [1.807, 2.05) is 12.1 Å². The number of rotatable bonds is 1. The molecule has 0 unspecified atom stereocenters. The summed E-state index contributed by atoms with van der Waals surface area (Å²) >= 11 is 0. The molecule has 0 amide bonds. The molecule has 0 radical (unpaired) electrons. The van der Waals surface area contributed by atoms with Crippen LogP contribution in [0, 0.1) is 6.92 Å². The molecule has 0 N–H and O–H groups in total.